The number of hydrogen-bond acceptors (Lipinski definition) is 7. The number of fused-ring (bicyclic) bond motifs is 2. The highest BCUT2D eigenvalue weighted by molar-refractivity contribution is 6.02. The van der Waals surface area contributed by atoms with Gasteiger partial charge in [-0.15, -0.1) is 15.3 Å². The predicted octanol–water partition coefficient (Wildman–Crippen LogP) is 2.53. The first-order valence-electron chi connectivity index (χ1n) is 9.15. The van der Waals surface area contributed by atoms with Gasteiger partial charge in [-0.3, -0.25) is 4.79 Å². The van der Waals surface area contributed by atoms with Gasteiger partial charge >= 0.3 is 0 Å². The second kappa shape index (κ2) is 6.16. The van der Waals surface area contributed by atoms with Gasteiger partial charge in [0, 0.05) is 30.4 Å². The summed E-state index contributed by atoms with van der Waals surface area (Å²) in [6.45, 7) is 1.97. The van der Waals surface area contributed by atoms with E-state index in [-0.39, 0.29) is 18.7 Å². The van der Waals surface area contributed by atoms with Gasteiger partial charge in [0.2, 0.25) is 0 Å². The van der Waals surface area contributed by atoms with Crippen molar-refractivity contribution in [2.45, 2.75) is 25.4 Å². The molecule has 4 heterocycles. The van der Waals surface area contributed by atoms with Crippen LogP contribution in [0.2, 0.25) is 0 Å². The molecule has 1 saturated carbocycles. The third-order valence-electron chi connectivity index (χ3n) is 4.93. The smallest absolute Gasteiger partial charge is 0.263 e. The summed E-state index contributed by atoms with van der Waals surface area (Å²) in [5, 5.41) is 18.9. The van der Waals surface area contributed by atoms with Gasteiger partial charge in [-0.25, -0.2) is 18.9 Å². The lowest BCUT2D eigenvalue weighted by Crippen LogP contribution is -2.26. The third kappa shape index (κ3) is 2.93. The minimum Gasteiger partial charge on any atom is -0.371 e. The van der Waals surface area contributed by atoms with E-state index in [1.165, 1.54) is 0 Å². The van der Waals surface area contributed by atoms with Crippen LogP contribution in [-0.4, -0.2) is 48.4 Å². The normalized spacial score (nSPS) is 14.9. The first-order valence-corrected chi connectivity index (χ1v) is 9.15. The summed E-state index contributed by atoms with van der Waals surface area (Å²) >= 11 is 0. The maximum atomic E-state index is 14.0. The molecule has 1 aliphatic carbocycles. The van der Waals surface area contributed by atoms with Gasteiger partial charge in [-0.05, 0) is 37.5 Å². The van der Waals surface area contributed by atoms with Crippen LogP contribution in [0.4, 0.5) is 16.0 Å². The summed E-state index contributed by atoms with van der Waals surface area (Å²) in [6.07, 6.45) is 3.97. The molecule has 4 aromatic rings. The monoisotopic (exact) mass is 392 g/mol. The molecule has 0 spiro atoms. The first-order chi connectivity index (χ1) is 14.0. The van der Waals surface area contributed by atoms with Gasteiger partial charge in [0.25, 0.3) is 5.91 Å². The van der Waals surface area contributed by atoms with Crippen molar-refractivity contribution in [2.24, 2.45) is 0 Å². The molecule has 0 atom stereocenters. The summed E-state index contributed by atoms with van der Waals surface area (Å²) in [6, 6.07) is 5.48. The van der Waals surface area contributed by atoms with Gasteiger partial charge in [-0.2, -0.15) is 0 Å². The number of rotatable bonds is 4. The Kier molecular flexibility index (Phi) is 3.70. The van der Waals surface area contributed by atoms with Crippen molar-refractivity contribution in [3.05, 3.63) is 36.2 Å². The molecule has 2 N–H and O–H groups in total. The van der Waals surface area contributed by atoms with E-state index in [2.05, 4.69) is 35.9 Å². The number of carbonyl (C=O) groups is 1. The third-order valence-corrected chi connectivity index (χ3v) is 4.93. The number of aromatic nitrogens is 6. The molecule has 0 saturated heterocycles. The molecule has 0 aliphatic heterocycles. The lowest BCUT2D eigenvalue weighted by Gasteiger charge is -2.10. The van der Waals surface area contributed by atoms with E-state index in [1.54, 1.807) is 23.8 Å². The number of pyridine rings is 2. The summed E-state index contributed by atoms with van der Waals surface area (Å²) in [5.74, 6) is 0.459. The van der Waals surface area contributed by atoms with Crippen molar-refractivity contribution in [3.63, 3.8) is 0 Å². The molecule has 146 valence electrons. The highest BCUT2D eigenvalue weighted by Gasteiger charge is 2.51. The van der Waals surface area contributed by atoms with Crippen LogP contribution >= 0.6 is 0 Å². The Morgan fingerprint density at radius 1 is 1.28 bits per heavy atom. The number of nitrogens with zero attached hydrogens (tertiary/aromatic N) is 6. The average Bonchev–Trinajstić information content (AvgIpc) is 3.33. The number of alkyl halides is 1. The number of carbonyl (C=O) groups excluding carboxylic acids is 1. The Morgan fingerprint density at radius 3 is 2.86 bits per heavy atom. The highest BCUT2D eigenvalue weighted by Crippen LogP contribution is 2.40. The lowest BCUT2D eigenvalue weighted by atomic mass is 10.1. The molecule has 4 aromatic heterocycles. The van der Waals surface area contributed by atoms with Crippen molar-refractivity contribution in [3.8, 4) is 11.4 Å². The van der Waals surface area contributed by atoms with Crippen LogP contribution in [0.5, 0.6) is 0 Å². The molecule has 5 rings (SSSR count). The molecule has 1 aliphatic rings. The van der Waals surface area contributed by atoms with Crippen molar-refractivity contribution in [1.29, 1.82) is 0 Å². The van der Waals surface area contributed by atoms with Gasteiger partial charge in [0.15, 0.2) is 28.8 Å². The molecular formula is C19H17FN8O. The van der Waals surface area contributed by atoms with Gasteiger partial charge in [0.1, 0.15) is 5.52 Å². The van der Waals surface area contributed by atoms with E-state index in [1.807, 2.05) is 25.3 Å². The molecular weight excluding hydrogens is 375 g/mol. The minimum atomic E-state index is -1.80. The zero-order valence-corrected chi connectivity index (χ0v) is 15.8. The Labute approximate surface area is 164 Å². The fourth-order valence-corrected chi connectivity index (χ4v) is 3.12. The standard InChI is InChI=1S/C19H17FN8O/c1-10-3-4-14-24-16(27-28(14)9-10)12-8-22-17(21-2)15-11(12)7-13(25-26-15)23-18(29)19(20)5-6-19/h3-4,7-9H,5-6H2,1-2H3,(H,21,22)(H,23,25,29). The number of anilines is 2. The van der Waals surface area contributed by atoms with E-state index in [9.17, 15) is 9.18 Å². The summed E-state index contributed by atoms with van der Waals surface area (Å²) in [4.78, 5) is 21.0. The highest BCUT2D eigenvalue weighted by atomic mass is 19.1. The van der Waals surface area contributed by atoms with Crippen LogP contribution in [0.3, 0.4) is 0 Å². The lowest BCUT2D eigenvalue weighted by molar-refractivity contribution is -0.122. The molecule has 10 heteroatoms. The second-order valence-electron chi connectivity index (χ2n) is 7.13. The number of amides is 1. The van der Waals surface area contributed by atoms with Gasteiger partial charge < -0.3 is 10.6 Å². The van der Waals surface area contributed by atoms with Crippen LogP contribution in [0.25, 0.3) is 27.9 Å². The largest absolute Gasteiger partial charge is 0.371 e. The van der Waals surface area contributed by atoms with Crippen molar-refractivity contribution < 1.29 is 9.18 Å². The fourth-order valence-electron chi connectivity index (χ4n) is 3.12. The topological polar surface area (TPSA) is 110 Å². The van der Waals surface area contributed by atoms with Crippen LogP contribution in [0, 0.1) is 6.92 Å². The molecule has 1 amide bonds. The van der Waals surface area contributed by atoms with Crippen LogP contribution in [0.1, 0.15) is 18.4 Å². The number of aryl methyl sites for hydroxylation is 1. The first kappa shape index (κ1) is 17.4. The van der Waals surface area contributed by atoms with Crippen LogP contribution < -0.4 is 10.6 Å². The molecule has 0 unspecified atom stereocenters. The number of hydrogen-bond donors (Lipinski definition) is 2. The zero-order chi connectivity index (χ0) is 20.2. The molecule has 0 radical (unpaired) electrons. The van der Waals surface area contributed by atoms with E-state index in [0.717, 1.165) is 5.56 Å². The van der Waals surface area contributed by atoms with Crippen molar-refractivity contribution in [2.75, 3.05) is 17.7 Å². The minimum absolute atomic E-state index is 0.167. The summed E-state index contributed by atoms with van der Waals surface area (Å²) in [5.41, 5.74) is 1.08. The Morgan fingerprint density at radius 2 is 2.10 bits per heavy atom. The van der Waals surface area contributed by atoms with Crippen molar-refractivity contribution >= 4 is 34.1 Å². The number of nitrogens with one attached hydrogen (secondary N) is 2. The van der Waals surface area contributed by atoms with E-state index >= 15 is 0 Å². The maximum absolute atomic E-state index is 14.0. The van der Waals surface area contributed by atoms with Crippen LogP contribution in [-0.2, 0) is 4.79 Å². The summed E-state index contributed by atoms with van der Waals surface area (Å²) in [7, 11) is 1.73. The van der Waals surface area contributed by atoms with E-state index in [0.29, 0.717) is 33.8 Å². The Hall–Kier alpha value is -3.69. The van der Waals surface area contributed by atoms with E-state index < -0.39 is 11.6 Å². The zero-order valence-electron chi connectivity index (χ0n) is 15.8. The molecule has 0 aromatic carbocycles. The Bertz CT molecular complexity index is 1280. The second-order valence-corrected chi connectivity index (χ2v) is 7.13. The molecule has 9 nitrogen and oxygen atoms in total. The molecule has 1 fully saturated rings. The average molecular weight is 392 g/mol. The van der Waals surface area contributed by atoms with Gasteiger partial charge in [-0.1, -0.05) is 6.07 Å². The van der Waals surface area contributed by atoms with Crippen LogP contribution in [0.15, 0.2) is 30.6 Å². The Balaban J connectivity index is 1.65. The number of halogens is 1. The maximum Gasteiger partial charge on any atom is 0.263 e. The van der Waals surface area contributed by atoms with Crippen molar-refractivity contribution in [1.82, 2.24) is 29.8 Å². The molecule has 29 heavy (non-hydrogen) atoms. The molecule has 0 bridgehead atoms. The van der Waals surface area contributed by atoms with Gasteiger partial charge in [0.05, 0.1) is 0 Å². The predicted molar refractivity (Wildman–Crippen MR) is 105 cm³/mol. The SMILES string of the molecule is CNc1ncc(-c2nc3ccc(C)cn3n2)c2cc(NC(=O)C3(F)CC3)nnc12. The summed E-state index contributed by atoms with van der Waals surface area (Å²) < 4.78 is 15.7. The quantitative estimate of drug-likeness (QED) is 0.549. The fraction of sp³-hybridized carbons (Fsp3) is 0.263. The van der Waals surface area contributed by atoms with E-state index in [4.69, 9.17) is 0 Å².